The van der Waals surface area contributed by atoms with E-state index in [-0.39, 0.29) is 0 Å². The third-order valence-corrected chi connectivity index (χ3v) is 0. The van der Waals surface area contributed by atoms with Crippen LogP contribution in [0.2, 0.25) is 0 Å². The van der Waals surface area contributed by atoms with Gasteiger partial charge in [0.15, 0.2) is 0 Å². The van der Waals surface area contributed by atoms with Crippen LogP contribution >= 0.6 is 30.3 Å². The number of halogens is 3. The third-order valence-electron chi connectivity index (χ3n) is 0. The Labute approximate surface area is 62.4 Å². The molecule has 0 aromatic carbocycles. The quantitative estimate of drug-likeness (QED) is 0.303. The van der Waals surface area contributed by atoms with Gasteiger partial charge >= 0.3 is 62.2 Å². The van der Waals surface area contributed by atoms with Crippen molar-refractivity contribution in [2.75, 3.05) is 0 Å². The molecule has 0 aromatic heterocycles. The molecule has 6 N–H and O–H groups in total. The van der Waals surface area contributed by atoms with Gasteiger partial charge in [0.05, 0.1) is 0 Å². The summed E-state index contributed by atoms with van der Waals surface area (Å²) in [6, 6.07) is 0. The molecule has 0 saturated carbocycles. The predicted molar refractivity (Wildman–Crippen MR) is 30.9 cm³/mol. The first-order chi connectivity index (χ1) is 3.00. The number of hydrogen-bond acceptors (Lipinski definition) is 6. The van der Waals surface area contributed by atoms with Crippen LogP contribution in [0.3, 0.4) is 0 Å². The van der Waals surface area contributed by atoms with Gasteiger partial charge in [0.1, 0.15) is 0 Å². The van der Waals surface area contributed by atoms with Crippen LogP contribution in [0.1, 0.15) is 0 Å². The summed E-state index contributed by atoms with van der Waals surface area (Å²) in [5.41, 5.74) is 0. The Morgan fingerprint density at radius 2 is 0.600 bits per heavy atom. The Balaban J connectivity index is 6.55. The summed E-state index contributed by atoms with van der Waals surface area (Å²) in [4.78, 5) is 0. The van der Waals surface area contributed by atoms with Crippen molar-refractivity contribution in [3.63, 3.8) is 0 Å². The van der Waals surface area contributed by atoms with Gasteiger partial charge in [-0.15, -0.1) is 0 Å². The summed E-state index contributed by atoms with van der Waals surface area (Å²) in [5, 5.41) is 0. The van der Waals surface area contributed by atoms with Gasteiger partial charge in [-0.2, -0.15) is 0 Å². The first kappa shape index (κ1) is 11.1. The average Bonchev–Trinajstić information content (AvgIpc) is 0.469. The van der Waals surface area contributed by atoms with E-state index < -0.39 is 6.81 Å². The van der Waals surface area contributed by atoms with Crippen LogP contribution in [0.25, 0.3) is 0 Å². The van der Waals surface area contributed by atoms with Crippen LogP contribution in [-0.2, 0) is 6.81 Å². The van der Waals surface area contributed by atoms with Crippen molar-refractivity contribution in [2.24, 2.45) is 0 Å². The molecule has 0 aliphatic rings. The summed E-state index contributed by atoms with van der Waals surface area (Å²) < 4.78 is 48.3. The van der Waals surface area contributed by atoms with Crippen molar-refractivity contribution >= 4 is 30.3 Å². The zero-order chi connectivity index (χ0) is 9.33. The standard InChI is InChI=1S/3ClH.Fe.6H2O/h3*1H;;6*1H2/q;;;+9;;;;;;/p-9. The number of hydrogen-bond donors (Lipinski definition) is 6. The zero-order valence-corrected chi connectivity index (χ0v) is 7.54. The summed E-state index contributed by atoms with van der Waals surface area (Å²) in [5.74, 6) is 0. The Hall–Kier alpha value is 1.15. The van der Waals surface area contributed by atoms with Crippen LogP contribution in [0, 0.1) is 0 Å². The van der Waals surface area contributed by atoms with Crippen molar-refractivity contribution in [1.82, 2.24) is 0 Å². The fourth-order valence-electron chi connectivity index (χ4n) is 0. The zero-order valence-electron chi connectivity index (χ0n) is 4.17. The van der Waals surface area contributed by atoms with Crippen LogP contribution in [-0.4, -0.2) is 25.1 Å². The van der Waals surface area contributed by atoms with Gasteiger partial charge in [-0.1, -0.05) is 0 Å². The van der Waals surface area contributed by atoms with Gasteiger partial charge in [0, 0.05) is 0 Å². The van der Waals surface area contributed by atoms with Crippen molar-refractivity contribution in [1.29, 1.82) is 0 Å². The molecule has 0 fully saturated rings. The van der Waals surface area contributed by atoms with Gasteiger partial charge in [-0.25, -0.2) is 0 Å². The van der Waals surface area contributed by atoms with Gasteiger partial charge < -0.3 is 0 Å². The van der Waals surface area contributed by atoms with Gasteiger partial charge in [-0.05, 0) is 0 Å². The molecule has 0 spiro atoms. The molecular weight excluding hydrogens is 258 g/mol. The minimum absolute atomic E-state index is 3.80. The monoisotopic (exact) mass is 263 g/mol. The molecule has 10 heavy (non-hydrogen) atoms. The molecule has 0 saturated heterocycles. The maximum atomic E-state index is 8.05. The minimum atomic E-state index is -11.0. The second-order valence-corrected chi connectivity index (χ2v) is 23.3. The second kappa shape index (κ2) is 0.616. The van der Waals surface area contributed by atoms with E-state index in [0.717, 1.165) is 0 Å². The van der Waals surface area contributed by atoms with Crippen LogP contribution in [0.15, 0.2) is 0 Å². The summed E-state index contributed by atoms with van der Waals surface area (Å²) in [6.45, 7) is -11.0. The van der Waals surface area contributed by atoms with Crippen molar-refractivity contribution in [3.8, 4) is 0 Å². The predicted octanol–water partition coefficient (Wildman–Crippen LogP) is -1.28. The van der Waals surface area contributed by atoms with E-state index in [9.17, 15) is 0 Å². The topological polar surface area (TPSA) is 121 Å². The fraction of sp³-hybridized carbons (Fsp3) is 0. The van der Waals surface area contributed by atoms with E-state index in [1.54, 1.807) is 0 Å². The molecule has 10 heteroatoms. The molecule has 0 atom stereocenters. The van der Waals surface area contributed by atoms with Crippen molar-refractivity contribution in [2.45, 2.75) is 0 Å². The first-order valence-electron chi connectivity index (χ1n) is 1.35. The fourth-order valence-corrected chi connectivity index (χ4v) is 0. The molecule has 0 radical (unpaired) electrons. The van der Waals surface area contributed by atoms with Crippen LogP contribution < -0.4 is 0 Å². The average molecular weight is 264 g/mol. The molecule has 0 bridgehead atoms. The van der Waals surface area contributed by atoms with E-state index in [4.69, 9.17) is 25.1 Å². The van der Waals surface area contributed by atoms with Crippen LogP contribution in [0.5, 0.6) is 0 Å². The Kier molecular flexibility index (Phi) is 0.686. The molecular formula is H6Cl3FeO6. The third kappa shape index (κ3) is 460. The van der Waals surface area contributed by atoms with Crippen molar-refractivity contribution in [3.05, 3.63) is 0 Å². The first-order valence-corrected chi connectivity index (χ1v) is 8.87. The molecule has 0 heterocycles. The molecule has 0 unspecified atom stereocenters. The number of rotatable bonds is 0. The SMILES string of the molecule is [OH][Fe]([OH])([OH])([OH])([OH])([OH])([Cl])([Cl])[Cl]. The van der Waals surface area contributed by atoms with E-state index in [0.29, 0.717) is 0 Å². The normalized spacial score (nSPS) is 35.1. The molecule has 71 valence electrons. The Bertz CT molecular complexity index is 199. The summed E-state index contributed by atoms with van der Waals surface area (Å²) >= 11 is 0. The summed E-state index contributed by atoms with van der Waals surface area (Å²) in [7, 11) is 11.4. The Morgan fingerprint density at radius 3 is 0.600 bits per heavy atom. The van der Waals surface area contributed by atoms with E-state index in [1.165, 1.54) is 0 Å². The maximum absolute atomic E-state index is 11.0. The molecule has 6 nitrogen and oxygen atoms in total. The van der Waals surface area contributed by atoms with E-state index >= 15 is 0 Å². The molecule has 0 aromatic rings. The van der Waals surface area contributed by atoms with Crippen LogP contribution in [0.4, 0.5) is 0 Å². The molecule has 0 aliphatic heterocycles. The molecule has 0 amide bonds. The second-order valence-electron chi connectivity index (χ2n) is 2.29. The van der Waals surface area contributed by atoms with Crippen molar-refractivity contribution < 1.29 is 31.9 Å². The Morgan fingerprint density at radius 1 is 0.600 bits per heavy atom. The molecule has 0 rings (SSSR count). The van der Waals surface area contributed by atoms with Gasteiger partial charge in [0.2, 0.25) is 0 Å². The molecule has 0 aliphatic carbocycles. The summed E-state index contributed by atoms with van der Waals surface area (Å²) in [6.07, 6.45) is 0. The van der Waals surface area contributed by atoms with Gasteiger partial charge in [0.25, 0.3) is 0 Å². The van der Waals surface area contributed by atoms with E-state index in [1.807, 2.05) is 0 Å². The van der Waals surface area contributed by atoms with E-state index in [2.05, 4.69) is 30.3 Å². The van der Waals surface area contributed by atoms with Gasteiger partial charge in [-0.3, -0.25) is 0 Å².